The van der Waals surface area contributed by atoms with E-state index in [4.69, 9.17) is 10.7 Å². The van der Waals surface area contributed by atoms with Crippen LogP contribution in [0.15, 0.2) is 30.3 Å². The van der Waals surface area contributed by atoms with Gasteiger partial charge in [0.25, 0.3) is 5.91 Å². The Kier molecular flexibility index (Phi) is 3.86. The summed E-state index contributed by atoms with van der Waals surface area (Å²) in [5.41, 5.74) is 0.227. The summed E-state index contributed by atoms with van der Waals surface area (Å²) >= 11 is 0. The van der Waals surface area contributed by atoms with E-state index in [2.05, 4.69) is 0 Å². The van der Waals surface area contributed by atoms with Crippen LogP contribution in [-0.2, 0) is 9.24 Å². The number of benzene rings is 1. The van der Waals surface area contributed by atoms with Crippen LogP contribution in [0.1, 0.15) is 10.4 Å². The summed E-state index contributed by atoms with van der Waals surface area (Å²) in [5.74, 6) is -0.724. The number of carbonyl (C=O) groups is 2. The van der Waals surface area contributed by atoms with E-state index in [0.29, 0.717) is 0 Å². The average Bonchev–Trinajstić information content (AvgIpc) is 2.16. The standard InChI is InChI=1S/C8H7ClN2O4S/c9-16(14,15)11-8(13)10-7(12)6-4-2-1-3-5-6/h1-5H,(H2,10,11,12,13). The first kappa shape index (κ1) is 12.5. The number of urea groups is 1. The first-order valence-electron chi connectivity index (χ1n) is 4.01. The number of rotatable bonds is 2. The lowest BCUT2D eigenvalue weighted by Gasteiger charge is -2.03. The molecule has 0 saturated carbocycles. The molecule has 3 amide bonds. The number of nitrogens with one attached hydrogen (secondary N) is 2. The molecule has 0 atom stereocenters. The van der Waals surface area contributed by atoms with Gasteiger partial charge in [0, 0.05) is 16.2 Å². The van der Waals surface area contributed by atoms with Crippen LogP contribution in [0, 0.1) is 0 Å². The van der Waals surface area contributed by atoms with Gasteiger partial charge in [-0.3, -0.25) is 10.1 Å². The van der Waals surface area contributed by atoms with E-state index < -0.39 is 21.2 Å². The first-order chi connectivity index (χ1) is 7.38. The van der Waals surface area contributed by atoms with E-state index in [1.54, 1.807) is 23.5 Å². The molecule has 86 valence electrons. The van der Waals surface area contributed by atoms with Gasteiger partial charge in [-0.2, -0.15) is 8.42 Å². The molecule has 0 radical (unpaired) electrons. The number of amides is 3. The highest BCUT2D eigenvalue weighted by Crippen LogP contribution is 1.97. The molecule has 16 heavy (non-hydrogen) atoms. The molecule has 0 unspecified atom stereocenters. The van der Waals surface area contributed by atoms with Crippen molar-refractivity contribution in [1.29, 1.82) is 0 Å². The molecule has 1 rings (SSSR count). The van der Waals surface area contributed by atoms with Gasteiger partial charge in [0.2, 0.25) is 0 Å². The maximum Gasteiger partial charge on any atom is 0.336 e. The minimum absolute atomic E-state index is 0.227. The summed E-state index contributed by atoms with van der Waals surface area (Å²) < 4.78 is 22.3. The SMILES string of the molecule is O=C(NC(=O)c1ccccc1)NS(=O)(=O)Cl. The fourth-order valence-electron chi connectivity index (χ4n) is 0.901. The van der Waals surface area contributed by atoms with Crippen LogP contribution < -0.4 is 10.0 Å². The Bertz CT molecular complexity index is 500. The molecule has 0 aliphatic rings. The highest BCUT2D eigenvalue weighted by atomic mass is 35.7. The van der Waals surface area contributed by atoms with Crippen molar-refractivity contribution in [2.45, 2.75) is 0 Å². The van der Waals surface area contributed by atoms with Crippen LogP contribution in [0.3, 0.4) is 0 Å². The summed E-state index contributed by atoms with van der Waals surface area (Å²) in [5, 5.41) is 1.80. The van der Waals surface area contributed by atoms with Crippen LogP contribution in [0.25, 0.3) is 0 Å². The predicted molar refractivity (Wildman–Crippen MR) is 57.2 cm³/mol. The van der Waals surface area contributed by atoms with Gasteiger partial charge in [-0.15, -0.1) is 0 Å². The predicted octanol–water partition coefficient (Wildman–Crippen LogP) is 0.610. The van der Waals surface area contributed by atoms with Crippen LogP contribution in [0.4, 0.5) is 4.79 Å². The van der Waals surface area contributed by atoms with Gasteiger partial charge < -0.3 is 0 Å². The zero-order valence-corrected chi connectivity index (χ0v) is 9.38. The van der Waals surface area contributed by atoms with Crippen molar-refractivity contribution < 1.29 is 18.0 Å². The highest BCUT2D eigenvalue weighted by Gasteiger charge is 2.14. The second kappa shape index (κ2) is 4.95. The van der Waals surface area contributed by atoms with Crippen molar-refractivity contribution in [3.8, 4) is 0 Å². The Labute approximate surface area is 96.2 Å². The maximum absolute atomic E-state index is 11.3. The largest absolute Gasteiger partial charge is 0.336 e. The molecule has 6 nitrogen and oxygen atoms in total. The van der Waals surface area contributed by atoms with Crippen LogP contribution in [0.5, 0.6) is 0 Å². The lowest BCUT2D eigenvalue weighted by Crippen LogP contribution is -2.40. The molecule has 0 aliphatic carbocycles. The molecule has 2 N–H and O–H groups in total. The number of hydrogen-bond acceptors (Lipinski definition) is 4. The van der Waals surface area contributed by atoms with Crippen LogP contribution >= 0.6 is 10.7 Å². The smallest absolute Gasteiger partial charge is 0.273 e. The van der Waals surface area contributed by atoms with Gasteiger partial charge in [0.05, 0.1) is 0 Å². The third kappa shape index (κ3) is 4.28. The van der Waals surface area contributed by atoms with Crippen molar-refractivity contribution in [3.63, 3.8) is 0 Å². The fourth-order valence-corrected chi connectivity index (χ4v) is 1.38. The summed E-state index contributed by atoms with van der Waals surface area (Å²) in [4.78, 5) is 22.3. The summed E-state index contributed by atoms with van der Waals surface area (Å²) in [6, 6.07) is 6.63. The minimum Gasteiger partial charge on any atom is -0.273 e. The Morgan fingerprint density at radius 2 is 1.69 bits per heavy atom. The summed E-state index contributed by atoms with van der Waals surface area (Å²) in [6.45, 7) is 0. The van der Waals surface area contributed by atoms with Gasteiger partial charge in [0.15, 0.2) is 0 Å². The van der Waals surface area contributed by atoms with Crippen LogP contribution in [0.2, 0.25) is 0 Å². The molecule has 0 fully saturated rings. The normalized spacial score (nSPS) is 10.6. The van der Waals surface area contributed by atoms with Gasteiger partial charge in [0.1, 0.15) is 0 Å². The lowest BCUT2D eigenvalue weighted by molar-refractivity contribution is 0.0965. The Morgan fingerprint density at radius 3 is 2.19 bits per heavy atom. The molecule has 0 saturated heterocycles. The van der Waals surface area contributed by atoms with E-state index in [-0.39, 0.29) is 5.56 Å². The monoisotopic (exact) mass is 262 g/mol. The van der Waals surface area contributed by atoms with Crippen molar-refractivity contribution in [1.82, 2.24) is 10.0 Å². The quantitative estimate of drug-likeness (QED) is 0.764. The molecule has 0 aliphatic heterocycles. The first-order valence-corrected chi connectivity index (χ1v) is 6.32. The van der Waals surface area contributed by atoms with E-state index in [0.717, 1.165) is 0 Å². The molecule has 0 aromatic heterocycles. The van der Waals surface area contributed by atoms with E-state index >= 15 is 0 Å². The topological polar surface area (TPSA) is 92.3 Å². The van der Waals surface area contributed by atoms with Crippen LogP contribution in [-0.4, -0.2) is 20.4 Å². The van der Waals surface area contributed by atoms with E-state index in [9.17, 15) is 18.0 Å². The van der Waals surface area contributed by atoms with E-state index in [1.807, 2.05) is 0 Å². The Balaban J connectivity index is 2.63. The molecule has 8 heteroatoms. The number of carbonyl (C=O) groups excluding carboxylic acids is 2. The number of halogens is 1. The van der Waals surface area contributed by atoms with Gasteiger partial charge in [-0.25, -0.2) is 9.52 Å². The molecular formula is C8H7ClN2O4S. The summed E-state index contributed by atoms with van der Waals surface area (Å²) in [6.07, 6.45) is 0. The molecule has 0 heterocycles. The Morgan fingerprint density at radius 1 is 1.12 bits per heavy atom. The highest BCUT2D eigenvalue weighted by molar-refractivity contribution is 8.12. The second-order valence-corrected chi connectivity index (χ2v) is 4.99. The molecule has 0 spiro atoms. The lowest BCUT2D eigenvalue weighted by atomic mass is 10.2. The van der Waals surface area contributed by atoms with Crippen molar-refractivity contribution >= 4 is 31.9 Å². The maximum atomic E-state index is 11.3. The van der Waals surface area contributed by atoms with Gasteiger partial charge >= 0.3 is 15.3 Å². The number of imide groups is 1. The second-order valence-electron chi connectivity index (χ2n) is 2.69. The summed E-state index contributed by atoms with van der Waals surface area (Å²) in [7, 11) is 0.553. The van der Waals surface area contributed by atoms with Crippen molar-refractivity contribution in [3.05, 3.63) is 35.9 Å². The molecule has 1 aromatic rings. The molecule has 1 aromatic carbocycles. The van der Waals surface area contributed by atoms with Crippen molar-refractivity contribution in [2.75, 3.05) is 0 Å². The minimum atomic E-state index is -4.19. The average molecular weight is 263 g/mol. The third-order valence-electron chi connectivity index (χ3n) is 1.48. The van der Waals surface area contributed by atoms with E-state index in [1.165, 1.54) is 16.9 Å². The zero-order chi connectivity index (χ0) is 12.2. The third-order valence-corrected chi connectivity index (χ3v) is 2.14. The Hall–Kier alpha value is -1.60. The zero-order valence-electron chi connectivity index (χ0n) is 7.81. The van der Waals surface area contributed by atoms with Gasteiger partial charge in [-0.05, 0) is 12.1 Å². The molecular weight excluding hydrogens is 256 g/mol. The fraction of sp³-hybridized carbons (Fsp3) is 0. The van der Waals surface area contributed by atoms with Gasteiger partial charge in [-0.1, -0.05) is 18.2 Å². The van der Waals surface area contributed by atoms with Crippen molar-refractivity contribution in [2.24, 2.45) is 0 Å². The molecule has 0 bridgehead atoms. The number of hydrogen-bond donors (Lipinski definition) is 2.